The third-order valence-electron chi connectivity index (χ3n) is 7.03. The molecule has 2 heterocycles. The van der Waals surface area contributed by atoms with Crippen LogP contribution in [0, 0.1) is 12.8 Å². The van der Waals surface area contributed by atoms with E-state index in [9.17, 15) is 14.7 Å². The Bertz CT molecular complexity index is 999. The Morgan fingerprint density at radius 1 is 1.12 bits per heavy atom. The molecule has 1 aromatic carbocycles. The van der Waals surface area contributed by atoms with Gasteiger partial charge in [-0.3, -0.25) is 9.69 Å². The number of hydrogen-bond donors (Lipinski definition) is 1. The van der Waals surface area contributed by atoms with Gasteiger partial charge in [-0.05, 0) is 42.7 Å². The Hall–Kier alpha value is -2.18. The monoisotopic (exact) mass is 468 g/mol. The van der Waals surface area contributed by atoms with Gasteiger partial charge in [0.2, 0.25) is 5.91 Å². The van der Waals surface area contributed by atoms with Gasteiger partial charge in [-0.1, -0.05) is 69.9 Å². The fraction of sp³-hybridized carbons (Fsp3) is 0.556. The molecule has 5 nitrogen and oxygen atoms in total. The van der Waals surface area contributed by atoms with Crippen LogP contribution in [0.15, 0.2) is 30.3 Å². The third-order valence-corrected chi connectivity index (χ3v) is 8.57. The molecule has 1 atom stereocenters. The first-order valence-electron chi connectivity index (χ1n) is 12.1. The van der Waals surface area contributed by atoms with Crippen LogP contribution in [0.1, 0.15) is 78.6 Å². The number of amides is 1. The first kappa shape index (κ1) is 24.0. The first-order chi connectivity index (χ1) is 15.6. The minimum Gasteiger partial charge on any atom is -0.477 e. The van der Waals surface area contributed by atoms with E-state index in [1.54, 1.807) is 0 Å². The minimum atomic E-state index is -0.942. The van der Waals surface area contributed by atoms with Crippen molar-refractivity contribution < 1.29 is 14.7 Å². The van der Waals surface area contributed by atoms with Crippen molar-refractivity contribution in [2.24, 2.45) is 5.92 Å². The van der Waals surface area contributed by atoms with E-state index in [0.29, 0.717) is 23.0 Å². The molecule has 1 amide bonds. The molecule has 1 saturated carbocycles. The van der Waals surface area contributed by atoms with Crippen molar-refractivity contribution >= 4 is 28.9 Å². The number of thiophene rings is 1. The van der Waals surface area contributed by atoms with E-state index in [4.69, 9.17) is 0 Å². The average Bonchev–Trinajstić information content (AvgIpc) is 3.21. The standard InChI is InChI=1S/C27H36N2O3S/c1-18-10-12-19(13-11-18)15-28-16-22(20-8-6-5-7-9-20)29(24(30)17-28)21-14-23(27(2,3)4)33-25(21)26(31)32/h10-14,20,22H,5-9,15-17H2,1-4H3,(H,31,32). The Morgan fingerprint density at radius 2 is 1.79 bits per heavy atom. The molecule has 1 saturated heterocycles. The predicted molar refractivity (Wildman–Crippen MR) is 134 cm³/mol. The molecule has 2 fully saturated rings. The Labute approximate surface area is 201 Å². The van der Waals surface area contributed by atoms with Gasteiger partial charge < -0.3 is 10.0 Å². The molecule has 2 aliphatic rings. The molecule has 33 heavy (non-hydrogen) atoms. The lowest BCUT2D eigenvalue weighted by Crippen LogP contribution is -2.59. The van der Waals surface area contributed by atoms with Crippen molar-refractivity contribution in [3.8, 4) is 0 Å². The number of benzene rings is 1. The molecular weight excluding hydrogens is 432 g/mol. The van der Waals surface area contributed by atoms with Gasteiger partial charge >= 0.3 is 5.97 Å². The second-order valence-electron chi connectivity index (χ2n) is 10.8. The fourth-order valence-electron chi connectivity index (χ4n) is 5.21. The lowest BCUT2D eigenvalue weighted by atomic mass is 9.82. The molecule has 1 aromatic heterocycles. The lowest BCUT2D eigenvalue weighted by Gasteiger charge is -2.45. The van der Waals surface area contributed by atoms with Crippen LogP contribution in [0.5, 0.6) is 0 Å². The second kappa shape index (κ2) is 9.59. The van der Waals surface area contributed by atoms with E-state index in [1.807, 2.05) is 11.0 Å². The van der Waals surface area contributed by atoms with E-state index in [2.05, 4.69) is 56.9 Å². The molecule has 2 aromatic rings. The van der Waals surface area contributed by atoms with Gasteiger partial charge in [-0.25, -0.2) is 4.79 Å². The summed E-state index contributed by atoms with van der Waals surface area (Å²) in [4.78, 5) is 31.2. The smallest absolute Gasteiger partial charge is 0.348 e. The summed E-state index contributed by atoms with van der Waals surface area (Å²) in [6.07, 6.45) is 5.82. The van der Waals surface area contributed by atoms with Gasteiger partial charge in [0.1, 0.15) is 4.88 Å². The largest absolute Gasteiger partial charge is 0.477 e. The molecule has 1 aliphatic heterocycles. The number of rotatable bonds is 5. The summed E-state index contributed by atoms with van der Waals surface area (Å²) in [5.74, 6) is -0.518. The number of carboxylic acid groups (broad SMARTS) is 1. The minimum absolute atomic E-state index is 0.0116. The van der Waals surface area contributed by atoms with Crippen molar-refractivity contribution in [3.05, 3.63) is 51.2 Å². The number of carbonyl (C=O) groups is 2. The summed E-state index contributed by atoms with van der Waals surface area (Å²) >= 11 is 1.32. The maximum atomic E-state index is 13.6. The molecule has 4 rings (SSSR count). The van der Waals surface area contributed by atoms with E-state index < -0.39 is 5.97 Å². The van der Waals surface area contributed by atoms with Crippen LogP contribution < -0.4 is 4.90 Å². The van der Waals surface area contributed by atoms with Gasteiger partial charge in [0, 0.05) is 18.0 Å². The highest BCUT2D eigenvalue weighted by atomic mass is 32.1. The van der Waals surface area contributed by atoms with Gasteiger partial charge in [0.25, 0.3) is 0 Å². The first-order valence-corrected chi connectivity index (χ1v) is 12.9. The van der Waals surface area contributed by atoms with Crippen molar-refractivity contribution in [3.63, 3.8) is 0 Å². The molecule has 1 N–H and O–H groups in total. The van der Waals surface area contributed by atoms with Crippen LogP contribution >= 0.6 is 11.3 Å². The van der Waals surface area contributed by atoms with Crippen molar-refractivity contribution in [1.82, 2.24) is 4.90 Å². The Kier molecular flexibility index (Phi) is 6.96. The quantitative estimate of drug-likeness (QED) is 0.598. The molecule has 0 radical (unpaired) electrons. The van der Waals surface area contributed by atoms with Crippen LogP contribution in [0.4, 0.5) is 5.69 Å². The predicted octanol–water partition coefficient (Wildman–Crippen LogP) is 5.85. The highest BCUT2D eigenvalue weighted by Crippen LogP contribution is 2.41. The van der Waals surface area contributed by atoms with Crippen molar-refractivity contribution in [1.29, 1.82) is 0 Å². The molecule has 0 spiro atoms. The number of hydrogen-bond acceptors (Lipinski definition) is 4. The molecular formula is C27H36N2O3S. The lowest BCUT2D eigenvalue weighted by molar-refractivity contribution is -0.123. The average molecular weight is 469 g/mol. The molecule has 6 heteroatoms. The van der Waals surface area contributed by atoms with Crippen LogP contribution in [-0.4, -0.2) is 41.0 Å². The van der Waals surface area contributed by atoms with E-state index in [1.165, 1.54) is 41.7 Å². The van der Waals surface area contributed by atoms with E-state index in [0.717, 1.165) is 30.8 Å². The zero-order valence-electron chi connectivity index (χ0n) is 20.3. The van der Waals surface area contributed by atoms with Crippen molar-refractivity contribution in [2.45, 2.75) is 77.8 Å². The summed E-state index contributed by atoms with van der Waals surface area (Å²) in [5, 5.41) is 9.99. The summed E-state index contributed by atoms with van der Waals surface area (Å²) in [7, 11) is 0. The van der Waals surface area contributed by atoms with E-state index >= 15 is 0 Å². The summed E-state index contributed by atoms with van der Waals surface area (Å²) in [5.41, 5.74) is 2.88. The summed E-state index contributed by atoms with van der Waals surface area (Å²) in [6, 6.07) is 10.5. The molecule has 1 unspecified atom stereocenters. The Morgan fingerprint density at radius 3 is 2.39 bits per heavy atom. The zero-order valence-corrected chi connectivity index (χ0v) is 21.1. The van der Waals surface area contributed by atoms with Crippen molar-refractivity contribution in [2.75, 3.05) is 18.0 Å². The molecule has 1 aliphatic carbocycles. The van der Waals surface area contributed by atoms with Crippen LogP contribution in [0.25, 0.3) is 0 Å². The maximum absolute atomic E-state index is 13.6. The van der Waals surface area contributed by atoms with Crippen LogP contribution in [0.3, 0.4) is 0 Å². The second-order valence-corrected chi connectivity index (χ2v) is 11.8. The third kappa shape index (κ3) is 5.33. The fourth-order valence-corrected chi connectivity index (χ4v) is 6.26. The highest BCUT2D eigenvalue weighted by molar-refractivity contribution is 7.14. The molecule has 0 bridgehead atoms. The number of nitrogens with zero attached hydrogens (tertiary/aromatic N) is 2. The summed E-state index contributed by atoms with van der Waals surface area (Å²) in [6.45, 7) is 10.2. The van der Waals surface area contributed by atoms with Crippen LogP contribution in [0.2, 0.25) is 0 Å². The Balaban J connectivity index is 1.68. The number of carboxylic acids is 1. The van der Waals surface area contributed by atoms with Gasteiger partial charge in [0.15, 0.2) is 0 Å². The highest BCUT2D eigenvalue weighted by Gasteiger charge is 2.41. The normalized spacial score (nSPS) is 20.9. The van der Waals surface area contributed by atoms with E-state index in [-0.39, 0.29) is 17.4 Å². The number of carbonyl (C=O) groups excluding carboxylic acids is 1. The topological polar surface area (TPSA) is 60.9 Å². The molecule has 178 valence electrons. The number of piperazine rings is 1. The SMILES string of the molecule is Cc1ccc(CN2CC(=O)N(c3cc(C(C)(C)C)sc3C(=O)O)C(C3CCCCC3)C2)cc1. The van der Waals surface area contributed by atoms with Gasteiger partial charge in [0.05, 0.1) is 18.3 Å². The number of aryl methyl sites for hydroxylation is 1. The summed E-state index contributed by atoms with van der Waals surface area (Å²) < 4.78 is 0. The number of aromatic carboxylic acids is 1. The van der Waals surface area contributed by atoms with Gasteiger partial charge in [-0.15, -0.1) is 11.3 Å². The maximum Gasteiger partial charge on any atom is 0.348 e. The van der Waals surface area contributed by atoms with Gasteiger partial charge in [-0.2, -0.15) is 0 Å². The van der Waals surface area contributed by atoms with Crippen LogP contribution in [-0.2, 0) is 16.8 Å². The zero-order chi connectivity index (χ0) is 23.8. The number of anilines is 1.